The zero-order valence-electron chi connectivity index (χ0n) is 41.2. The van der Waals surface area contributed by atoms with Crippen molar-refractivity contribution in [1.29, 1.82) is 0 Å². The maximum Gasteiger partial charge on any atom is 0.328 e. The molecule has 1 aromatic heterocycles. The predicted octanol–water partition coefficient (Wildman–Crippen LogP) is 1.40. The first kappa shape index (κ1) is 56.8. The number of anilines is 1. The Hall–Kier alpha value is -6.14. The van der Waals surface area contributed by atoms with E-state index < -0.39 is 17.3 Å². The van der Waals surface area contributed by atoms with Crippen molar-refractivity contribution < 1.29 is 67.4 Å². The Morgan fingerprint density at radius 3 is 2.10 bits per heavy atom. The van der Waals surface area contributed by atoms with E-state index in [0.717, 1.165) is 41.0 Å². The summed E-state index contributed by atoms with van der Waals surface area (Å²) >= 11 is 0. The molecule has 5 amide bonds. The molecule has 22 heteroatoms. The monoisotopic (exact) mass is 1010 g/mol. The number of aliphatic imine (C=N–C) groups is 1. The van der Waals surface area contributed by atoms with Gasteiger partial charge in [0.2, 0.25) is 29.5 Å². The van der Waals surface area contributed by atoms with Crippen molar-refractivity contribution in [3.8, 4) is 0 Å². The molecule has 72 heavy (non-hydrogen) atoms. The van der Waals surface area contributed by atoms with E-state index in [2.05, 4.69) is 25.9 Å². The average molecular weight is 1010 g/mol. The van der Waals surface area contributed by atoms with Crippen molar-refractivity contribution >= 4 is 58.8 Å². The number of hydrogen-bond acceptors (Lipinski definition) is 16. The number of aromatic nitrogens is 1. The number of rotatable bonds is 34. The number of ether oxygens (including phenoxy) is 6. The van der Waals surface area contributed by atoms with E-state index in [1.165, 1.54) is 0 Å². The highest BCUT2D eigenvalue weighted by Gasteiger charge is 2.51. The Morgan fingerprint density at radius 1 is 0.819 bits per heavy atom. The molecule has 394 valence electrons. The van der Waals surface area contributed by atoms with Crippen molar-refractivity contribution in [2.24, 2.45) is 10.7 Å². The Labute approximate surface area is 419 Å². The number of amidine groups is 1. The molecule has 0 saturated heterocycles. The van der Waals surface area contributed by atoms with Crippen LogP contribution in [0.2, 0.25) is 0 Å². The molecule has 0 atom stereocenters. The normalized spacial score (nSPS) is 14.6. The van der Waals surface area contributed by atoms with Crippen LogP contribution in [-0.2, 0) is 75.6 Å². The lowest BCUT2D eigenvalue weighted by Gasteiger charge is -2.29. The van der Waals surface area contributed by atoms with Crippen molar-refractivity contribution in [1.82, 2.24) is 25.4 Å². The fraction of sp³-hybridized carbons (Fsp3) is 0.560. The molecule has 1 aromatic carbocycles. The van der Waals surface area contributed by atoms with Gasteiger partial charge in [0.15, 0.2) is 0 Å². The molecule has 1 aliphatic carbocycles. The van der Waals surface area contributed by atoms with Gasteiger partial charge in [0.05, 0.1) is 115 Å². The highest BCUT2D eigenvalue weighted by molar-refractivity contribution is 6.06. The van der Waals surface area contributed by atoms with Crippen LogP contribution in [0.4, 0.5) is 11.4 Å². The molecule has 0 unspecified atom stereocenters. The van der Waals surface area contributed by atoms with Crippen LogP contribution in [-0.4, -0.2) is 185 Å². The van der Waals surface area contributed by atoms with E-state index >= 15 is 0 Å². The molecule has 0 bridgehead atoms. The number of aliphatic hydroxyl groups excluding tert-OH is 1. The summed E-state index contributed by atoms with van der Waals surface area (Å²) in [5, 5.41) is 26.1. The highest BCUT2D eigenvalue weighted by Crippen LogP contribution is 2.50. The summed E-state index contributed by atoms with van der Waals surface area (Å²) < 4.78 is 33.1. The number of nitrogens with one attached hydrogen (secondary N) is 3. The SMILES string of the molecule is CCCN(CCO)C(=O)C1=Cc2ccc(C3(C(=O)Nc4cnc5c(c4)CN(C(=O)CCOCCOCCOCCOCCOCCOCCNC(=O)CCNC(=O)/C=C/C(=O)O)CC5)CC3)cc2N=C(N)C1. The van der Waals surface area contributed by atoms with Crippen LogP contribution in [0.25, 0.3) is 6.08 Å². The summed E-state index contributed by atoms with van der Waals surface area (Å²) in [6.07, 6.45) is 8.20. The summed E-state index contributed by atoms with van der Waals surface area (Å²) in [7, 11) is 0. The number of carboxylic acid groups (broad SMARTS) is 1. The number of hydrogen-bond donors (Lipinski definition) is 6. The number of pyridine rings is 1. The van der Waals surface area contributed by atoms with E-state index in [9.17, 15) is 33.9 Å². The molecule has 22 nitrogen and oxygen atoms in total. The third-order valence-electron chi connectivity index (χ3n) is 11.7. The largest absolute Gasteiger partial charge is 0.478 e. The number of carbonyl (C=O) groups excluding carboxylic acids is 5. The molecule has 1 saturated carbocycles. The third kappa shape index (κ3) is 19.1. The second kappa shape index (κ2) is 30.7. The Morgan fingerprint density at radius 2 is 1.47 bits per heavy atom. The lowest BCUT2D eigenvalue weighted by molar-refractivity contribution is -0.133. The number of carbonyl (C=O) groups is 6. The highest BCUT2D eigenvalue weighted by atomic mass is 16.6. The molecule has 3 aliphatic rings. The quantitative estimate of drug-likeness (QED) is 0.0427. The molecule has 5 rings (SSSR count). The summed E-state index contributed by atoms with van der Waals surface area (Å²) in [5.74, 6) is -2.16. The van der Waals surface area contributed by atoms with Gasteiger partial charge in [0.25, 0.3) is 0 Å². The minimum atomic E-state index is -1.23. The number of benzene rings is 1. The van der Waals surface area contributed by atoms with Crippen LogP contribution >= 0.6 is 0 Å². The van der Waals surface area contributed by atoms with Crippen LogP contribution in [0.5, 0.6) is 0 Å². The van der Waals surface area contributed by atoms with Crippen LogP contribution in [0.1, 0.15) is 67.8 Å². The summed E-state index contributed by atoms with van der Waals surface area (Å²) in [5.41, 5.74) is 10.5. The predicted molar refractivity (Wildman–Crippen MR) is 264 cm³/mol. The third-order valence-corrected chi connectivity index (χ3v) is 11.7. The molecule has 7 N–H and O–H groups in total. The van der Waals surface area contributed by atoms with Crippen LogP contribution in [0.3, 0.4) is 0 Å². The van der Waals surface area contributed by atoms with Gasteiger partial charge in [-0.15, -0.1) is 0 Å². The van der Waals surface area contributed by atoms with Gasteiger partial charge >= 0.3 is 5.97 Å². The maximum atomic E-state index is 13.9. The molecule has 0 radical (unpaired) electrons. The molecular weight excluding hydrogens is 937 g/mol. The van der Waals surface area contributed by atoms with Gasteiger partial charge < -0.3 is 70.1 Å². The smallest absolute Gasteiger partial charge is 0.328 e. The zero-order chi connectivity index (χ0) is 51.6. The fourth-order valence-corrected chi connectivity index (χ4v) is 7.84. The van der Waals surface area contributed by atoms with Crippen LogP contribution in [0, 0.1) is 0 Å². The number of aliphatic hydroxyl groups is 1. The maximum absolute atomic E-state index is 13.9. The fourth-order valence-electron chi connectivity index (χ4n) is 7.84. The lowest BCUT2D eigenvalue weighted by Crippen LogP contribution is -2.37. The summed E-state index contributed by atoms with van der Waals surface area (Å²) in [4.78, 5) is 86.5. The zero-order valence-corrected chi connectivity index (χ0v) is 41.2. The number of nitrogens with two attached hydrogens (primary N) is 1. The van der Waals surface area contributed by atoms with Crippen LogP contribution < -0.4 is 21.7 Å². The van der Waals surface area contributed by atoms with Gasteiger partial charge in [-0.3, -0.25) is 29.0 Å². The molecule has 3 heterocycles. The molecule has 2 aromatic rings. The summed E-state index contributed by atoms with van der Waals surface area (Å²) in [6.45, 7) is 8.26. The van der Waals surface area contributed by atoms with Gasteiger partial charge in [-0.25, -0.2) is 9.79 Å². The van der Waals surface area contributed by atoms with Gasteiger partial charge in [0, 0.05) is 87.5 Å². The Balaban J connectivity index is 0.873. The van der Waals surface area contributed by atoms with Crippen molar-refractivity contribution in [3.63, 3.8) is 0 Å². The molecular formula is C50H70N8O14. The van der Waals surface area contributed by atoms with Crippen molar-refractivity contribution in [2.45, 2.75) is 63.8 Å². The second-order valence-electron chi connectivity index (χ2n) is 17.2. The van der Waals surface area contributed by atoms with Gasteiger partial charge in [0.1, 0.15) is 5.84 Å². The molecule has 0 spiro atoms. The number of fused-ring (bicyclic) bond motifs is 2. The first-order chi connectivity index (χ1) is 34.9. The minimum Gasteiger partial charge on any atom is -0.478 e. The van der Waals surface area contributed by atoms with E-state index in [0.29, 0.717) is 141 Å². The summed E-state index contributed by atoms with van der Waals surface area (Å²) in [6, 6.07) is 7.55. The van der Waals surface area contributed by atoms with Gasteiger partial charge in [-0.05, 0) is 48.6 Å². The van der Waals surface area contributed by atoms with Crippen LogP contribution in [0.15, 0.2) is 53.2 Å². The van der Waals surface area contributed by atoms with Crippen molar-refractivity contribution in [2.75, 3.05) is 124 Å². The first-order valence-electron chi connectivity index (χ1n) is 24.5. The number of aliphatic carboxylic acids is 1. The lowest BCUT2D eigenvalue weighted by atomic mass is 9.92. The Bertz CT molecular complexity index is 2230. The minimum absolute atomic E-state index is 0.0311. The molecule has 1 fully saturated rings. The average Bonchev–Trinajstić information content (AvgIpc) is 4.20. The standard InChI is InChI=1S/C50H70N8O14/c1-2-14-57(16-17-59)48(65)37-30-36-3-4-39(33-42(36)56-43(51)32-37)50(10-11-50)49(66)55-40-31-38-35-58(15-8-41(38)54-34-40)46(62)9-18-67-20-22-69-24-26-71-28-29-72-27-25-70-23-21-68-19-13-53-45(61)7-12-52-44(60)5-6-47(63)64/h3-6,30-31,33-34,59H,2,7-29,32,35H2,1H3,(H2,51,56)(H,52,60)(H,53,61)(H,55,66)(H,63,64)/b6-5+. The van der Waals surface area contributed by atoms with E-state index in [1.807, 2.05) is 31.2 Å². The number of carboxylic acids is 1. The number of amides is 5. The van der Waals surface area contributed by atoms with E-state index in [1.54, 1.807) is 22.1 Å². The van der Waals surface area contributed by atoms with E-state index in [4.69, 9.17) is 39.3 Å². The first-order valence-corrected chi connectivity index (χ1v) is 24.5. The molecule has 2 aliphatic heterocycles. The Kier molecular flexibility index (Phi) is 24.2. The topological polar surface area (TPSA) is 292 Å². The number of nitrogens with zero attached hydrogens (tertiary/aromatic N) is 4. The van der Waals surface area contributed by atoms with E-state index in [-0.39, 0.29) is 69.2 Å². The van der Waals surface area contributed by atoms with Gasteiger partial charge in [-0.1, -0.05) is 19.1 Å². The van der Waals surface area contributed by atoms with Gasteiger partial charge in [-0.2, -0.15) is 0 Å². The van der Waals surface area contributed by atoms with Crippen molar-refractivity contribution in [3.05, 3.63) is 70.6 Å². The second-order valence-corrected chi connectivity index (χ2v) is 17.2.